The third-order valence-corrected chi connectivity index (χ3v) is 4.41. The Balaban J connectivity index is 1.80. The first-order chi connectivity index (χ1) is 12.0. The number of carbonyl (C=O) groups excluding carboxylic acids is 1. The van der Waals surface area contributed by atoms with Crippen LogP contribution >= 0.6 is 11.6 Å². The highest BCUT2D eigenvalue weighted by molar-refractivity contribution is 6.30. The Morgan fingerprint density at radius 2 is 1.96 bits per heavy atom. The molecule has 0 saturated heterocycles. The number of ether oxygens (including phenoxy) is 1. The van der Waals surface area contributed by atoms with Gasteiger partial charge in [0.1, 0.15) is 12.3 Å². The third-order valence-electron chi connectivity index (χ3n) is 4.17. The second-order valence-corrected chi connectivity index (χ2v) is 6.73. The molecule has 0 aliphatic carbocycles. The molecule has 5 heteroatoms. The first-order valence-electron chi connectivity index (χ1n) is 8.44. The topological polar surface area (TPSA) is 42.8 Å². The molecule has 2 aromatic carbocycles. The van der Waals surface area contributed by atoms with Gasteiger partial charge < -0.3 is 15.0 Å². The molecule has 0 aliphatic rings. The number of nitrogens with one attached hydrogen (secondary N) is 2. The number of likely N-dealkylation sites (N-methyl/N-ethyl adjacent to an activating group) is 1. The van der Waals surface area contributed by atoms with Crippen molar-refractivity contribution in [3.63, 3.8) is 0 Å². The van der Waals surface area contributed by atoms with Gasteiger partial charge in [0.05, 0.1) is 14.2 Å². The standard InChI is InChI=1S/C20H25ClN2O2/c1-15-6-4-5-7-16(15)10-11-22-20(24)14-23(2)13-17-12-18(21)8-9-19(17)25-3/h4-9,12H,10-11,13-14H2,1-3H3,(H,22,24)/p+1. The summed E-state index contributed by atoms with van der Waals surface area (Å²) in [6.07, 6.45) is 0.847. The second kappa shape index (κ2) is 9.44. The van der Waals surface area contributed by atoms with Gasteiger partial charge in [-0.3, -0.25) is 4.79 Å². The highest BCUT2D eigenvalue weighted by Crippen LogP contribution is 2.21. The minimum absolute atomic E-state index is 0.0482. The van der Waals surface area contributed by atoms with Crippen LogP contribution in [0.15, 0.2) is 42.5 Å². The average Bonchev–Trinajstić information content (AvgIpc) is 2.56. The Bertz CT molecular complexity index is 719. The Morgan fingerprint density at radius 3 is 2.68 bits per heavy atom. The maximum Gasteiger partial charge on any atom is 0.275 e. The number of amides is 1. The number of rotatable bonds is 8. The van der Waals surface area contributed by atoms with Gasteiger partial charge in [-0.05, 0) is 42.7 Å². The van der Waals surface area contributed by atoms with Crippen molar-refractivity contribution in [1.82, 2.24) is 5.32 Å². The summed E-state index contributed by atoms with van der Waals surface area (Å²) >= 11 is 6.06. The van der Waals surface area contributed by atoms with E-state index in [1.807, 2.05) is 31.3 Å². The maximum atomic E-state index is 12.2. The Hall–Kier alpha value is -2.04. The molecule has 0 radical (unpaired) electrons. The smallest absolute Gasteiger partial charge is 0.275 e. The maximum absolute atomic E-state index is 12.2. The summed E-state index contributed by atoms with van der Waals surface area (Å²) in [4.78, 5) is 13.2. The third kappa shape index (κ3) is 6.07. The lowest BCUT2D eigenvalue weighted by atomic mass is 10.1. The van der Waals surface area contributed by atoms with Crippen molar-refractivity contribution in [2.45, 2.75) is 19.9 Å². The summed E-state index contributed by atoms with van der Waals surface area (Å²) in [6.45, 7) is 3.82. The van der Waals surface area contributed by atoms with Gasteiger partial charge in [-0.1, -0.05) is 35.9 Å². The van der Waals surface area contributed by atoms with Gasteiger partial charge in [-0.15, -0.1) is 0 Å². The lowest BCUT2D eigenvalue weighted by molar-refractivity contribution is -0.885. The van der Waals surface area contributed by atoms with Crippen molar-refractivity contribution in [3.8, 4) is 5.75 Å². The summed E-state index contributed by atoms with van der Waals surface area (Å²) in [6, 6.07) is 13.8. The Morgan fingerprint density at radius 1 is 1.20 bits per heavy atom. The number of hydrogen-bond acceptors (Lipinski definition) is 2. The molecular weight excluding hydrogens is 336 g/mol. The van der Waals surface area contributed by atoms with Crippen LogP contribution in [-0.4, -0.2) is 33.2 Å². The van der Waals surface area contributed by atoms with Crippen LogP contribution in [-0.2, 0) is 17.8 Å². The molecule has 25 heavy (non-hydrogen) atoms. The summed E-state index contributed by atoms with van der Waals surface area (Å²) in [5, 5.41) is 3.67. The van der Waals surface area contributed by atoms with Gasteiger partial charge in [0.2, 0.25) is 0 Å². The van der Waals surface area contributed by atoms with E-state index in [0.717, 1.165) is 22.6 Å². The van der Waals surface area contributed by atoms with E-state index >= 15 is 0 Å². The molecule has 0 aromatic heterocycles. The second-order valence-electron chi connectivity index (χ2n) is 6.29. The molecule has 4 nitrogen and oxygen atoms in total. The normalized spacial score (nSPS) is 11.8. The van der Waals surface area contributed by atoms with Crippen LogP contribution in [0.4, 0.5) is 0 Å². The largest absolute Gasteiger partial charge is 0.496 e. The minimum Gasteiger partial charge on any atom is -0.496 e. The van der Waals surface area contributed by atoms with Crippen LogP contribution in [0, 0.1) is 6.92 Å². The summed E-state index contributed by atoms with van der Waals surface area (Å²) in [5.41, 5.74) is 3.53. The highest BCUT2D eigenvalue weighted by Gasteiger charge is 2.13. The fourth-order valence-corrected chi connectivity index (χ4v) is 3.03. The zero-order chi connectivity index (χ0) is 18.2. The molecule has 0 saturated carbocycles. The predicted octanol–water partition coefficient (Wildman–Crippen LogP) is 2.03. The molecule has 134 valence electrons. The van der Waals surface area contributed by atoms with E-state index in [0.29, 0.717) is 24.7 Å². The molecule has 0 bridgehead atoms. The number of quaternary nitrogens is 1. The van der Waals surface area contributed by atoms with E-state index in [1.165, 1.54) is 11.1 Å². The molecule has 2 aromatic rings. The average molecular weight is 362 g/mol. The lowest BCUT2D eigenvalue weighted by Gasteiger charge is -2.16. The van der Waals surface area contributed by atoms with Crippen molar-refractivity contribution in [3.05, 3.63) is 64.2 Å². The molecule has 1 atom stereocenters. The minimum atomic E-state index is 0.0482. The van der Waals surface area contributed by atoms with Crippen LogP contribution in [0.1, 0.15) is 16.7 Å². The van der Waals surface area contributed by atoms with E-state index in [9.17, 15) is 4.79 Å². The van der Waals surface area contributed by atoms with E-state index in [1.54, 1.807) is 13.2 Å². The molecular formula is C20H26ClN2O2+. The van der Waals surface area contributed by atoms with Crippen LogP contribution < -0.4 is 15.0 Å². The van der Waals surface area contributed by atoms with Crippen LogP contribution in [0.3, 0.4) is 0 Å². The summed E-state index contributed by atoms with van der Waals surface area (Å²) in [5.74, 6) is 0.843. The lowest BCUT2D eigenvalue weighted by Crippen LogP contribution is -3.08. The van der Waals surface area contributed by atoms with Gasteiger partial charge in [-0.25, -0.2) is 0 Å². The van der Waals surface area contributed by atoms with Gasteiger partial charge in [0, 0.05) is 17.1 Å². The number of methoxy groups -OCH3 is 1. The molecule has 0 spiro atoms. The molecule has 0 aliphatic heterocycles. The van der Waals surface area contributed by atoms with Crippen molar-refractivity contribution >= 4 is 17.5 Å². The van der Waals surface area contributed by atoms with Gasteiger partial charge in [0.15, 0.2) is 6.54 Å². The molecule has 0 fully saturated rings. The summed E-state index contributed by atoms with van der Waals surface area (Å²) in [7, 11) is 3.63. The fourth-order valence-electron chi connectivity index (χ4n) is 2.84. The number of benzene rings is 2. The number of halogens is 1. The molecule has 2 rings (SSSR count). The van der Waals surface area contributed by atoms with Crippen molar-refractivity contribution in [1.29, 1.82) is 0 Å². The van der Waals surface area contributed by atoms with Gasteiger partial charge in [-0.2, -0.15) is 0 Å². The number of aryl methyl sites for hydroxylation is 1. The monoisotopic (exact) mass is 361 g/mol. The Labute approximate surface area is 154 Å². The Kier molecular flexibility index (Phi) is 7.29. The molecule has 2 N–H and O–H groups in total. The quantitative estimate of drug-likeness (QED) is 0.755. The molecule has 1 amide bonds. The molecule has 1 unspecified atom stereocenters. The zero-order valence-corrected chi connectivity index (χ0v) is 15.8. The van der Waals surface area contributed by atoms with E-state index in [-0.39, 0.29) is 5.91 Å². The van der Waals surface area contributed by atoms with Crippen molar-refractivity contribution in [2.75, 3.05) is 27.2 Å². The van der Waals surface area contributed by atoms with Crippen LogP contribution in [0.5, 0.6) is 5.75 Å². The van der Waals surface area contributed by atoms with E-state index in [4.69, 9.17) is 16.3 Å². The van der Waals surface area contributed by atoms with E-state index < -0.39 is 0 Å². The van der Waals surface area contributed by atoms with Crippen molar-refractivity contribution in [2.24, 2.45) is 0 Å². The van der Waals surface area contributed by atoms with Crippen LogP contribution in [0.2, 0.25) is 5.02 Å². The SMILES string of the molecule is COc1ccc(Cl)cc1C[NH+](C)CC(=O)NCCc1ccccc1C. The summed E-state index contributed by atoms with van der Waals surface area (Å²) < 4.78 is 5.36. The van der Waals surface area contributed by atoms with Gasteiger partial charge >= 0.3 is 0 Å². The fraction of sp³-hybridized carbons (Fsp3) is 0.350. The van der Waals surface area contributed by atoms with Crippen molar-refractivity contribution < 1.29 is 14.4 Å². The first-order valence-corrected chi connectivity index (χ1v) is 8.82. The number of hydrogen-bond donors (Lipinski definition) is 2. The highest BCUT2D eigenvalue weighted by atomic mass is 35.5. The zero-order valence-electron chi connectivity index (χ0n) is 15.1. The van der Waals surface area contributed by atoms with Crippen LogP contribution in [0.25, 0.3) is 0 Å². The first kappa shape index (κ1) is 19.3. The van der Waals surface area contributed by atoms with E-state index in [2.05, 4.69) is 24.4 Å². The number of carbonyl (C=O) groups is 1. The van der Waals surface area contributed by atoms with Gasteiger partial charge in [0.25, 0.3) is 5.91 Å². The predicted molar refractivity (Wildman–Crippen MR) is 101 cm³/mol. The molecule has 0 heterocycles.